The summed E-state index contributed by atoms with van der Waals surface area (Å²) < 4.78 is 5.32. The molecule has 0 fully saturated rings. The molecule has 0 aliphatic carbocycles. The largest absolute Gasteiger partial charge is 0.422 e. The summed E-state index contributed by atoms with van der Waals surface area (Å²) >= 11 is 6.24. The highest BCUT2D eigenvalue weighted by atomic mass is 35.5. The molecule has 21 heavy (non-hydrogen) atoms. The topological polar surface area (TPSA) is 50.5 Å². The van der Waals surface area contributed by atoms with Gasteiger partial charge in [0.15, 0.2) is 0 Å². The fourth-order valence-corrected chi connectivity index (χ4v) is 2.52. The number of benzene rings is 1. The van der Waals surface area contributed by atoms with E-state index in [1.54, 1.807) is 0 Å². The average molecular weight is 306 g/mol. The van der Waals surface area contributed by atoms with Crippen LogP contribution in [0.15, 0.2) is 33.5 Å². The normalized spacial score (nSPS) is 11.2. The molecule has 4 nitrogen and oxygen atoms in total. The molecule has 0 saturated heterocycles. The zero-order chi connectivity index (χ0) is 15.4. The van der Waals surface area contributed by atoms with E-state index in [1.165, 1.54) is 12.2 Å². The Balaban J connectivity index is 2.64. The molecular weight excluding hydrogens is 290 g/mol. The van der Waals surface area contributed by atoms with E-state index in [-0.39, 0.29) is 5.56 Å². The molecule has 0 aliphatic rings. The molecule has 0 aliphatic heterocycles. The van der Waals surface area contributed by atoms with Gasteiger partial charge in [-0.25, -0.2) is 4.79 Å². The number of halogens is 1. The number of aldehydes is 1. The van der Waals surface area contributed by atoms with Crippen LogP contribution in [0.4, 0.5) is 5.69 Å². The predicted molar refractivity (Wildman–Crippen MR) is 86.2 cm³/mol. The second-order valence-corrected chi connectivity index (χ2v) is 4.84. The molecular formula is C16H16ClNO3. The van der Waals surface area contributed by atoms with Crippen molar-refractivity contribution in [2.24, 2.45) is 0 Å². The third-order valence-corrected chi connectivity index (χ3v) is 3.74. The highest BCUT2D eigenvalue weighted by Crippen LogP contribution is 2.29. The first-order chi connectivity index (χ1) is 10.1. The van der Waals surface area contributed by atoms with Crippen LogP contribution in [0.5, 0.6) is 0 Å². The van der Waals surface area contributed by atoms with Crippen molar-refractivity contribution in [2.75, 3.05) is 18.0 Å². The number of rotatable bonds is 5. The highest BCUT2D eigenvalue weighted by molar-refractivity contribution is 6.36. The van der Waals surface area contributed by atoms with Crippen LogP contribution in [0.2, 0.25) is 5.02 Å². The zero-order valence-electron chi connectivity index (χ0n) is 11.9. The standard InChI is InChI=1S/C16H16ClNO3/c1-3-18(4-2)11-7-8-12-14(10-11)21-16(20)13(15(12)17)6-5-9-19/h5-10H,3-4H2,1-2H3/b6-5+. The molecule has 0 bridgehead atoms. The highest BCUT2D eigenvalue weighted by Gasteiger charge is 2.12. The molecule has 2 rings (SSSR count). The summed E-state index contributed by atoms with van der Waals surface area (Å²) in [6, 6.07) is 5.57. The van der Waals surface area contributed by atoms with Gasteiger partial charge in [0.2, 0.25) is 0 Å². The summed E-state index contributed by atoms with van der Waals surface area (Å²) in [5, 5.41) is 0.947. The van der Waals surface area contributed by atoms with Crippen molar-refractivity contribution in [2.45, 2.75) is 13.8 Å². The summed E-state index contributed by atoms with van der Waals surface area (Å²) in [6.07, 6.45) is 3.16. The maximum absolute atomic E-state index is 11.9. The zero-order valence-corrected chi connectivity index (χ0v) is 12.7. The molecule has 2 aromatic rings. The Morgan fingerprint density at radius 3 is 2.62 bits per heavy atom. The predicted octanol–water partition coefficient (Wildman–Crippen LogP) is 3.50. The Labute approximate surface area is 127 Å². The van der Waals surface area contributed by atoms with E-state index in [2.05, 4.69) is 18.7 Å². The Hall–Kier alpha value is -2.07. The molecule has 110 valence electrons. The van der Waals surface area contributed by atoms with E-state index in [0.29, 0.717) is 22.3 Å². The third kappa shape index (κ3) is 3.00. The Bertz CT molecular complexity index is 745. The van der Waals surface area contributed by atoms with Crippen LogP contribution in [0.1, 0.15) is 19.4 Å². The monoisotopic (exact) mass is 305 g/mol. The number of carbonyl (C=O) groups excluding carboxylic acids is 1. The number of hydrogen-bond donors (Lipinski definition) is 0. The van der Waals surface area contributed by atoms with E-state index in [1.807, 2.05) is 18.2 Å². The summed E-state index contributed by atoms with van der Waals surface area (Å²) in [5.74, 6) is 0. The van der Waals surface area contributed by atoms with Gasteiger partial charge in [0.25, 0.3) is 0 Å². The van der Waals surface area contributed by atoms with Gasteiger partial charge < -0.3 is 9.32 Å². The number of hydrogen-bond acceptors (Lipinski definition) is 4. The minimum atomic E-state index is -0.553. The minimum absolute atomic E-state index is 0.187. The van der Waals surface area contributed by atoms with Gasteiger partial charge in [-0.1, -0.05) is 11.6 Å². The Kier molecular flexibility index (Phi) is 4.81. The lowest BCUT2D eigenvalue weighted by molar-refractivity contribution is -0.104. The third-order valence-electron chi connectivity index (χ3n) is 3.33. The molecule has 1 heterocycles. The summed E-state index contributed by atoms with van der Waals surface area (Å²) in [4.78, 5) is 24.5. The Morgan fingerprint density at radius 2 is 2.00 bits per heavy atom. The van der Waals surface area contributed by atoms with Crippen molar-refractivity contribution < 1.29 is 9.21 Å². The second kappa shape index (κ2) is 6.59. The van der Waals surface area contributed by atoms with E-state index >= 15 is 0 Å². The molecule has 0 saturated carbocycles. The van der Waals surface area contributed by atoms with Gasteiger partial charge in [-0.05, 0) is 38.1 Å². The SMILES string of the molecule is CCN(CC)c1ccc2c(Cl)c(/C=C/C=O)c(=O)oc2c1. The van der Waals surface area contributed by atoms with Crippen molar-refractivity contribution in [1.29, 1.82) is 0 Å². The molecule has 1 aromatic carbocycles. The first kappa shape index (κ1) is 15.3. The molecule has 0 N–H and O–H groups in total. The maximum atomic E-state index is 11.9. The molecule has 0 radical (unpaired) electrons. The van der Waals surface area contributed by atoms with Crippen molar-refractivity contribution >= 4 is 40.6 Å². The average Bonchev–Trinajstić information content (AvgIpc) is 2.48. The number of allylic oxidation sites excluding steroid dienone is 1. The molecule has 1 aromatic heterocycles. The van der Waals surface area contributed by atoms with Crippen LogP contribution in [-0.4, -0.2) is 19.4 Å². The van der Waals surface area contributed by atoms with Crippen LogP contribution >= 0.6 is 11.6 Å². The number of fused-ring (bicyclic) bond motifs is 1. The van der Waals surface area contributed by atoms with Gasteiger partial charge in [-0.2, -0.15) is 0 Å². The molecule has 5 heteroatoms. The Morgan fingerprint density at radius 1 is 1.29 bits per heavy atom. The van der Waals surface area contributed by atoms with Crippen LogP contribution in [-0.2, 0) is 4.79 Å². The molecule has 0 unspecified atom stereocenters. The van der Waals surface area contributed by atoms with Crippen molar-refractivity contribution in [3.8, 4) is 0 Å². The fourth-order valence-electron chi connectivity index (χ4n) is 2.23. The van der Waals surface area contributed by atoms with Crippen LogP contribution in [0.3, 0.4) is 0 Å². The summed E-state index contributed by atoms with van der Waals surface area (Å²) in [7, 11) is 0. The smallest absolute Gasteiger partial charge is 0.345 e. The lowest BCUT2D eigenvalue weighted by atomic mass is 10.1. The first-order valence-corrected chi connectivity index (χ1v) is 7.13. The van der Waals surface area contributed by atoms with E-state index in [0.717, 1.165) is 18.8 Å². The fraction of sp³-hybridized carbons (Fsp3) is 0.250. The molecule has 0 atom stereocenters. The quantitative estimate of drug-likeness (QED) is 0.482. The van der Waals surface area contributed by atoms with Crippen LogP contribution in [0, 0.1) is 0 Å². The minimum Gasteiger partial charge on any atom is -0.422 e. The van der Waals surface area contributed by atoms with Crippen molar-refractivity contribution in [3.05, 3.63) is 45.3 Å². The van der Waals surface area contributed by atoms with E-state index in [4.69, 9.17) is 16.0 Å². The molecule has 0 spiro atoms. The number of anilines is 1. The lowest BCUT2D eigenvalue weighted by Gasteiger charge is -2.21. The lowest BCUT2D eigenvalue weighted by Crippen LogP contribution is -2.21. The van der Waals surface area contributed by atoms with Crippen LogP contribution in [0.25, 0.3) is 17.0 Å². The van der Waals surface area contributed by atoms with Crippen LogP contribution < -0.4 is 10.5 Å². The van der Waals surface area contributed by atoms with Gasteiger partial charge in [0.05, 0.1) is 10.6 Å². The summed E-state index contributed by atoms with van der Waals surface area (Å²) in [6.45, 7) is 5.84. The van der Waals surface area contributed by atoms with Gasteiger partial charge in [-0.15, -0.1) is 0 Å². The molecule has 0 amide bonds. The van der Waals surface area contributed by atoms with Crippen molar-refractivity contribution in [3.63, 3.8) is 0 Å². The summed E-state index contributed by atoms with van der Waals surface area (Å²) in [5.41, 5.74) is 1.05. The van der Waals surface area contributed by atoms with Gasteiger partial charge in [0.1, 0.15) is 11.9 Å². The van der Waals surface area contributed by atoms with Crippen molar-refractivity contribution in [1.82, 2.24) is 0 Å². The van der Waals surface area contributed by atoms with E-state index in [9.17, 15) is 9.59 Å². The maximum Gasteiger partial charge on any atom is 0.345 e. The number of nitrogens with zero attached hydrogens (tertiary/aromatic N) is 1. The van der Waals surface area contributed by atoms with E-state index < -0.39 is 5.63 Å². The first-order valence-electron chi connectivity index (χ1n) is 6.75. The van der Waals surface area contributed by atoms with Gasteiger partial charge in [-0.3, -0.25) is 4.79 Å². The number of carbonyl (C=O) groups is 1. The van der Waals surface area contributed by atoms with Gasteiger partial charge >= 0.3 is 5.63 Å². The second-order valence-electron chi connectivity index (χ2n) is 4.47. The van der Waals surface area contributed by atoms with Gasteiger partial charge in [0, 0.05) is 30.2 Å².